The Morgan fingerprint density at radius 3 is 2.17 bits per heavy atom. The summed E-state index contributed by atoms with van der Waals surface area (Å²) in [7, 11) is 0. The van der Waals surface area contributed by atoms with Crippen LogP contribution in [-0.4, -0.2) is 24.1 Å². The molecule has 0 N–H and O–H groups in total. The minimum atomic E-state index is -0.0660. The number of allylic oxidation sites excluding steroid dienone is 6. The summed E-state index contributed by atoms with van der Waals surface area (Å²) in [5.41, 5.74) is 0. The van der Waals surface area contributed by atoms with Gasteiger partial charge in [0.05, 0.1) is 13.1 Å². The Labute approximate surface area is 142 Å². The van der Waals surface area contributed by atoms with Crippen molar-refractivity contribution in [1.29, 1.82) is 0 Å². The van der Waals surface area contributed by atoms with Crippen LogP contribution < -0.4 is 0 Å². The van der Waals surface area contributed by atoms with Gasteiger partial charge in [0, 0.05) is 6.42 Å². The summed E-state index contributed by atoms with van der Waals surface area (Å²) in [6, 6.07) is 0. The Hall–Kier alpha value is -1.35. The van der Waals surface area contributed by atoms with Gasteiger partial charge in [-0.15, -0.1) is 5.06 Å². The predicted molar refractivity (Wildman–Crippen MR) is 96.9 cm³/mol. The molecule has 1 aliphatic rings. The third kappa shape index (κ3) is 14.0. The normalized spacial score (nSPS) is 15.2. The summed E-state index contributed by atoms with van der Waals surface area (Å²) < 4.78 is 0. The van der Waals surface area contributed by atoms with E-state index >= 15 is 0 Å². The first-order valence-corrected chi connectivity index (χ1v) is 9.23. The number of nitrogens with zero attached hydrogens (tertiary/aromatic N) is 1. The Morgan fingerprint density at radius 1 is 0.870 bits per heavy atom. The highest BCUT2D eigenvalue weighted by atomic mass is 16.7. The van der Waals surface area contributed by atoms with Crippen molar-refractivity contribution in [1.82, 2.24) is 5.06 Å². The fourth-order valence-electron chi connectivity index (χ4n) is 2.21. The highest BCUT2D eigenvalue weighted by Crippen LogP contribution is 2.10. The Balaban J connectivity index is 1.79. The van der Waals surface area contributed by atoms with Crippen LogP contribution in [-0.2, 0) is 9.63 Å². The minimum absolute atomic E-state index is 0.0660. The molecule has 0 amide bonds. The zero-order valence-electron chi connectivity index (χ0n) is 14.7. The number of carbonyl (C=O) groups excluding carboxylic acids is 1. The second-order valence-corrected chi connectivity index (χ2v) is 5.99. The van der Waals surface area contributed by atoms with E-state index in [0.717, 1.165) is 45.2 Å². The summed E-state index contributed by atoms with van der Waals surface area (Å²) in [5.74, 6) is -0.0660. The fourth-order valence-corrected chi connectivity index (χ4v) is 2.21. The van der Waals surface area contributed by atoms with E-state index in [1.165, 1.54) is 25.7 Å². The minimum Gasteiger partial charge on any atom is -0.368 e. The van der Waals surface area contributed by atoms with E-state index in [9.17, 15) is 4.79 Å². The topological polar surface area (TPSA) is 29.3 Å². The molecule has 1 saturated heterocycles. The van der Waals surface area contributed by atoms with Crippen molar-refractivity contribution in [3.8, 4) is 0 Å². The SMILES string of the molecule is CC/C=C\C/C=C\C/C=C\CCCCCCCC(=O)ON1CC1. The molecule has 0 aromatic heterocycles. The van der Waals surface area contributed by atoms with Gasteiger partial charge >= 0.3 is 5.97 Å². The summed E-state index contributed by atoms with van der Waals surface area (Å²) in [6.45, 7) is 3.97. The molecule has 0 atom stereocenters. The van der Waals surface area contributed by atoms with Gasteiger partial charge in [0.2, 0.25) is 0 Å². The smallest absolute Gasteiger partial charge is 0.325 e. The van der Waals surface area contributed by atoms with Crippen LogP contribution in [0.4, 0.5) is 0 Å². The van der Waals surface area contributed by atoms with E-state index in [0.29, 0.717) is 6.42 Å². The van der Waals surface area contributed by atoms with E-state index in [1.807, 2.05) is 0 Å². The molecule has 0 saturated carbocycles. The molecule has 0 unspecified atom stereocenters. The van der Waals surface area contributed by atoms with Gasteiger partial charge in [-0.05, 0) is 38.5 Å². The Kier molecular flexibility index (Phi) is 12.2. The van der Waals surface area contributed by atoms with E-state index < -0.39 is 0 Å². The molecule has 0 aromatic rings. The fraction of sp³-hybridized carbons (Fsp3) is 0.650. The molecule has 0 radical (unpaired) electrons. The molecule has 23 heavy (non-hydrogen) atoms. The molecule has 3 nitrogen and oxygen atoms in total. The standard InChI is InChI=1S/C20H33NO2/c1-2-3-4-5-6-7-8-9-10-11-12-13-14-15-16-17-20(22)23-21-18-19-21/h3-4,6-7,9-10H,2,5,8,11-19H2,1H3/b4-3-,7-6-,10-9-. The molecular formula is C20H33NO2. The van der Waals surface area contributed by atoms with Crippen LogP contribution in [0, 0.1) is 0 Å². The first kappa shape index (κ1) is 19.7. The molecule has 1 aliphatic heterocycles. The molecule has 1 fully saturated rings. The predicted octanol–water partition coefficient (Wildman–Crippen LogP) is 5.35. The lowest BCUT2D eigenvalue weighted by atomic mass is 10.1. The van der Waals surface area contributed by atoms with Crippen molar-refractivity contribution in [3.63, 3.8) is 0 Å². The molecule has 0 aromatic carbocycles. The van der Waals surface area contributed by atoms with Crippen molar-refractivity contribution < 1.29 is 9.63 Å². The third-order valence-corrected chi connectivity index (χ3v) is 3.67. The van der Waals surface area contributed by atoms with Gasteiger partial charge in [-0.1, -0.05) is 62.6 Å². The zero-order valence-corrected chi connectivity index (χ0v) is 14.7. The largest absolute Gasteiger partial charge is 0.368 e. The molecule has 1 heterocycles. The third-order valence-electron chi connectivity index (χ3n) is 3.67. The number of unbranched alkanes of at least 4 members (excludes halogenated alkanes) is 5. The highest BCUT2D eigenvalue weighted by Gasteiger charge is 2.21. The van der Waals surface area contributed by atoms with Gasteiger partial charge in [-0.2, -0.15) is 0 Å². The van der Waals surface area contributed by atoms with Gasteiger partial charge in [0.25, 0.3) is 0 Å². The summed E-state index contributed by atoms with van der Waals surface area (Å²) >= 11 is 0. The maximum absolute atomic E-state index is 11.3. The maximum atomic E-state index is 11.3. The van der Waals surface area contributed by atoms with Crippen LogP contribution in [0.15, 0.2) is 36.5 Å². The summed E-state index contributed by atoms with van der Waals surface area (Å²) in [6.07, 6.45) is 24.2. The molecule has 130 valence electrons. The average molecular weight is 319 g/mol. The molecular weight excluding hydrogens is 286 g/mol. The average Bonchev–Trinajstić information content (AvgIpc) is 3.35. The molecule has 0 spiro atoms. The lowest BCUT2D eigenvalue weighted by Crippen LogP contribution is -2.08. The Morgan fingerprint density at radius 2 is 1.48 bits per heavy atom. The maximum Gasteiger partial charge on any atom is 0.325 e. The molecule has 3 heteroatoms. The van der Waals surface area contributed by atoms with Crippen LogP contribution in [0.3, 0.4) is 0 Å². The van der Waals surface area contributed by atoms with Crippen LogP contribution in [0.2, 0.25) is 0 Å². The summed E-state index contributed by atoms with van der Waals surface area (Å²) in [4.78, 5) is 16.4. The van der Waals surface area contributed by atoms with E-state index in [4.69, 9.17) is 4.84 Å². The molecule has 0 aliphatic carbocycles. The van der Waals surface area contributed by atoms with Gasteiger partial charge < -0.3 is 4.84 Å². The number of hydrogen-bond donors (Lipinski definition) is 0. The van der Waals surface area contributed by atoms with Gasteiger partial charge in [0.15, 0.2) is 0 Å². The quantitative estimate of drug-likeness (QED) is 0.245. The van der Waals surface area contributed by atoms with Crippen LogP contribution in [0.25, 0.3) is 0 Å². The van der Waals surface area contributed by atoms with Crippen molar-refractivity contribution in [2.45, 2.75) is 71.1 Å². The van der Waals surface area contributed by atoms with Crippen molar-refractivity contribution in [2.24, 2.45) is 0 Å². The lowest BCUT2D eigenvalue weighted by molar-refractivity contribution is -0.166. The number of hydrogen-bond acceptors (Lipinski definition) is 3. The molecule has 0 bridgehead atoms. The van der Waals surface area contributed by atoms with Crippen molar-refractivity contribution in [2.75, 3.05) is 13.1 Å². The van der Waals surface area contributed by atoms with E-state index in [-0.39, 0.29) is 5.97 Å². The van der Waals surface area contributed by atoms with Crippen LogP contribution in [0.1, 0.15) is 71.1 Å². The Bertz CT molecular complexity index is 381. The number of carbonyl (C=O) groups is 1. The van der Waals surface area contributed by atoms with E-state index in [2.05, 4.69) is 43.4 Å². The zero-order chi connectivity index (χ0) is 16.6. The second kappa shape index (κ2) is 14.3. The monoisotopic (exact) mass is 319 g/mol. The van der Waals surface area contributed by atoms with Crippen molar-refractivity contribution in [3.05, 3.63) is 36.5 Å². The van der Waals surface area contributed by atoms with Crippen molar-refractivity contribution >= 4 is 5.97 Å². The first-order valence-electron chi connectivity index (χ1n) is 9.23. The van der Waals surface area contributed by atoms with Gasteiger partial charge in [-0.3, -0.25) is 4.79 Å². The second-order valence-electron chi connectivity index (χ2n) is 5.99. The van der Waals surface area contributed by atoms with Crippen LogP contribution >= 0.6 is 0 Å². The first-order chi connectivity index (χ1) is 11.3. The van der Waals surface area contributed by atoms with Crippen LogP contribution in [0.5, 0.6) is 0 Å². The summed E-state index contributed by atoms with van der Waals surface area (Å²) in [5, 5.41) is 1.70. The highest BCUT2D eigenvalue weighted by molar-refractivity contribution is 5.69. The lowest BCUT2D eigenvalue weighted by Gasteiger charge is -2.02. The van der Waals surface area contributed by atoms with Gasteiger partial charge in [0.1, 0.15) is 0 Å². The number of rotatable bonds is 14. The molecule has 1 rings (SSSR count). The van der Waals surface area contributed by atoms with Gasteiger partial charge in [-0.25, -0.2) is 0 Å². The van der Waals surface area contributed by atoms with E-state index in [1.54, 1.807) is 5.06 Å². The number of hydroxylamine groups is 2.